The highest BCUT2D eigenvalue weighted by molar-refractivity contribution is 5.91. The minimum atomic E-state index is -1.27. The molecule has 0 aromatic rings. The summed E-state index contributed by atoms with van der Waals surface area (Å²) >= 11 is 0. The minimum Gasteiger partial charge on any atom is -0.481 e. The van der Waals surface area contributed by atoms with Gasteiger partial charge in [0.15, 0.2) is 0 Å². The first kappa shape index (κ1) is 17.8. The van der Waals surface area contributed by atoms with Crippen molar-refractivity contribution in [2.75, 3.05) is 0 Å². The van der Waals surface area contributed by atoms with Crippen LogP contribution in [0.4, 0.5) is 0 Å². The van der Waals surface area contributed by atoms with Gasteiger partial charge in [-0.2, -0.15) is 0 Å². The van der Waals surface area contributed by atoms with Crippen molar-refractivity contribution in [1.29, 1.82) is 0 Å². The third-order valence-electron chi connectivity index (χ3n) is 1.93. The molecule has 0 fully saturated rings. The Morgan fingerprint density at radius 1 is 1.18 bits per heavy atom. The molecule has 0 bridgehead atoms. The fourth-order valence-electron chi connectivity index (χ4n) is 0.974. The van der Waals surface area contributed by atoms with Crippen LogP contribution in [0.15, 0.2) is 24.8 Å². The molecule has 0 atom stereocenters. The zero-order valence-corrected chi connectivity index (χ0v) is 10.4. The van der Waals surface area contributed by atoms with Gasteiger partial charge < -0.3 is 10.2 Å². The molecule has 4 heteroatoms. The van der Waals surface area contributed by atoms with E-state index < -0.39 is 18.4 Å². The van der Waals surface area contributed by atoms with E-state index in [0.29, 0.717) is 0 Å². The number of hydrogen-bond acceptors (Lipinski definition) is 2. The van der Waals surface area contributed by atoms with E-state index in [1.165, 1.54) is 32.1 Å². The van der Waals surface area contributed by atoms with Gasteiger partial charge in [-0.3, -0.25) is 4.79 Å². The van der Waals surface area contributed by atoms with Crippen molar-refractivity contribution < 1.29 is 19.8 Å². The first-order chi connectivity index (χ1) is 7.95. The number of aliphatic carboxylic acids is 2. The molecule has 0 spiro atoms. The third-order valence-corrected chi connectivity index (χ3v) is 1.93. The van der Waals surface area contributed by atoms with Crippen LogP contribution in [0.5, 0.6) is 0 Å². The fourth-order valence-corrected chi connectivity index (χ4v) is 0.974. The number of carboxylic acids is 2. The average molecular weight is 242 g/mol. The van der Waals surface area contributed by atoms with Crippen molar-refractivity contribution in [2.24, 2.45) is 0 Å². The second-order valence-corrected chi connectivity index (χ2v) is 3.62. The Balaban J connectivity index is 0. The van der Waals surface area contributed by atoms with E-state index in [-0.39, 0.29) is 5.57 Å². The van der Waals surface area contributed by atoms with Crippen LogP contribution in [0.2, 0.25) is 0 Å². The monoisotopic (exact) mass is 242 g/mol. The van der Waals surface area contributed by atoms with E-state index >= 15 is 0 Å². The molecule has 0 aliphatic heterocycles. The molecule has 0 saturated heterocycles. The van der Waals surface area contributed by atoms with Crippen molar-refractivity contribution >= 4 is 11.9 Å². The van der Waals surface area contributed by atoms with Crippen LogP contribution in [0.3, 0.4) is 0 Å². The second kappa shape index (κ2) is 12.5. The minimum absolute atomic E-state index is 0.303. The van der Waals surface area contributed by atoms with E-state index in [4.69, 9.17) is 10.2 Å². The number of carbonyl (C=O) groups is 2. The molecular weight excluding hydrogens is 220 g/mol. The largest absolute Gasteiger partial charge is 0.481 e. The molecule has 0 aromatic carbocycles. The topological polar surface area (TPSA) is 74.6 Å². The Hall–Kier alpha value is -1.58. The van der Waals surface area contributed by atoms with Gasteiger partial charge >= 0.3 is 11.9 Å². The standard InChI is InChI=1S/C8H16.C5H6O4/c1-3-5-7-8-6-4-2;1-3(5(8)9)2-4(6)7/h3H,1,4-8H2,2H3;1-2H2,(H,6,7)(H,8,9). The van der Waals surface area contributed by atoms with Gasteiger partial charge in [0.05, 0.1) is 6.42 Å². The third kappa shape index (κ3) is 17.1. The quantitative estimate of drug-likeness (QED) is 0.389. The van der Waals surface area contributed by atoms with Gasteiger partial charge in [0.2, 0.25) is 0 Å². The molecule has 0 amide bonds. The number of carboxylic acid groups (broad SMARTS) is 2. The smallest absolute Gasteiger partial charge is 0.331 e. The molecule has 0 aliphatic rings. The molecule has 0 saturated carbocycles. The lowest BCUT2D eigenvalue weighted by molar-refractivity contribution is -0.139. The number of unbranched alkanes of at least 4 members (excludes halogenated alkanes) is 4. The molecule has 17 heavy (non-hydrogen) atoms. The zero-order valence-electron chi connectivity index (χ0n) is 10.4. The summed E-state index contributed by atoms with van der Waals surface area (Å²) in [6.07, 6.45) is 8.11. The van der Waals surface area contributed by atoms with Crippen LogP contribution >= 0.6 is 0 Å². The molecule has 0 aromatic heterocycles. The van der Waals surface area contributed by atoms with Crippen molar-refractivity contribution in [3.05, 3.63) is 24.8 Å². The Morgan fingerprint density at radius 3 is 2.06 bits per heavy atom. The van der Waals surface area contributed by atoms with Gasteiger partial charge in [0, 0.05) is 5.57 Å². The first-order valence-electron chi connectivity index (χ1n) is 5.69. The maximum atomic E-state index is 9.87. The molecule has 2 N–H and O–H groups in total. The highest BCUT2D eigenvalue weighted by Crippen LogP contribution is 2.01. The summed E-state index contributed by atoms with van der Waals surface area (Å²) in [7, 11) is 0. The van der Waals surface area contributed by atoms with Gasteiger partial charge in [0.25, 0.3) is 0 Å². The highest BCUT2D eigenvalue weighted by Gasteiger charge is 2.07. The highest BCUT2D eigenvalue weighted by atomic mass is 16.4. The van der Waals surface area contributed by atoms with E-state index in [2.05, 4.69) is 20.1 Å². The fraction of sp³-hybridized carbons (Fsp3) is 0.538. The van der Waals surface area contributed by atoms with Crippen molar-refractivity contribution in [2.45, 2.75) is 45.4 Å². The van der Waals surface area contributed by atoms with Crippen LogP contribution < -0.4 is 0 Å². The molecule has 98 valence electrons. The lowest BCUT2D eigenvalue weighted by Gasteiger charge is -1.91. The molecule has 4 nitrogen and oxygen atoms in total. The van der Waals surface area contributed by atoms with Gasteiger partial charge in [-0.25, -0.2) is 4.79 Å². The molecule has 0 rings (SSSR count). The Labute approximate surface area is 103 Å². The summed E-state index contributed by atoms with van der Waals surface area (Å²) in [5.41, 5.74) is -0.303. The Morgan fingerprint density at radius 2 is 1.76 bits per heavy atom. The van der Waals surface area contributed by atoms with E-state index in [9.17, 15) is 9.59 Å². The van der Waals surface area contributed by atoms with E-state index in [0.717, 1.165) is 0 Å². The van der Waals surface area contributed by atoms with Crippen LogP contribution in [0.25, 0.3) is 0 Å². The van der Waals surface area contributed by atoms with E-state index in [1.807, 2.05) is 6.08 Å². The van der Waals surface area contributed by atoms with Gasteiger partial charge in [-0.05, 0) is 12.8 Å². The van der Waals surface area contributed by atoms with Gasteiger partial charge in [-0.15, -0.1) is 6.58 Å². The maximum absolute atomic E-state index is 9.87. The predicted molar refractivity (Wildman–Crippen MR) is 68.0 cm³/mol. The Kier molecular flexibility index (Phi) is 13.1. The van der Waals surface area contributed by atoms with Crippen LogP contribution in [-0.4, -0.2) is 22.2 Å². The molecular formula is C13H22O4. The van der Waals surface area contributed by atoms with Gasteiger partial charge in [-0.1, -0.05) is 38.8 Å². The second-order valence-electron chi connectivity index (χ2n) is 3.62. The number of rotatable bonds is 8. The predicted octanol–water partition coefficient (Wildman–Crippen LogP) is 3.24. The van der Waals surface area contributed by atoms with Crippen LogP contribution in [0.1, 0.15) is 45.4 Å². The molecule has 0 radical (unpaired) electrons. The van der Waals surface area contributed by atoms with Crippen LogP contribution in [0, 0.1) is 0 Å². The average Bonchev–Trinajstić information content (AvgIpc) is 2.24. The summed E-state index contributed by atoms with van der Waals surface area (Å²) in [5, 5.41) is 16.1. The van der Waals surface area contributed by atoms with Crippen LogP contribution in [-0.2, 0) is 9.59 Å². The SMILES string of the molecule is C=C(CC(=O)O)C(=O)O.C=CCCCCCC. The maximum Gasteiger partial charge on any atom is 0.331 e. The molecule has 0 unspecified atom stereocenters. The van der Waals surface area contributed by atoms with Crippen molar-refractivity contribution in [3.63, 3.8) is 0 Å². The lowest BCUT2D eigenvalue weighted by Crippen LogP contribution is -2.04. The summed E-state index contributed by atoms with van der Waals surface area (Å²) < 4.78 is 0. The normalized spacial score (nSPS) is 8.76. The summed E-state index contributed by atoms with van der Waals surface area (Å²) in [6, 6.07) is 0. The lowest BCUT2D eigenvalue weighted by atomic mass is 10.2. The number of allylic oxidation sites excluding steroid dienone is 1. The zero-order chi connectivity index (χ0) is 13.7. The Bertz CT molecular complexity index is 256. The molecule has 0 heterocycles. The van der Waals surface area contributed by atoms with Gasteiger partial charge in [0.1, 0.15) is 0 Å². The molecule has 0 aliphatic carbocycles. The first-order valence-corrected chi connectivity index (χ1v) is 5.69. The summed E-state index contributed by atoms with van der Waals surface area (Å²) in [4.78, 5) is 19.7. The summed E-state index contributed by atoms with van der Waals surface area (Å²) in [6.45, 7) is 8.90. The van der Waals surface area contributed by atoms with Crippen molar-refractivity contribution in [1.82, 2.24) is 0 Å². The number of hydrogen-bond donors (Lipinski definition) is 2. The van der Waals surface area contributed by atoms with Crippen molar-refractivity contribution in [3.8, 4) is 0 Å². The summed E-state index contributed by atoms with van der Waals surface area (Å²) in [5.74, 6) is -2.44. The van der Waals surface area contributed by atoms with E-state index in [1.54, 1.807) is 0 Å².